The van der Waals surface area contributed by atoms with Gasteiger partial charge < -0.3 is 10.5 Å². The molecule has 0 saturated heterocycles. The maximum absolute atomic E-state index is 14.0. The molecular formula is C17H15ClFNO. The van der Waals surface area contributed by atoms with Crippen LogP contribution in [0.5, 0.6) is 5.75 Å². The van der Waals surface area contributed by atoms with Crippen molar-refractivity contribution in [1.29, 1.82) is 0 Å². The third-order valence-electron chi connectivity index (χ3n) is 2.92. The Hall–Kier alpha value is -2.02. The van der Waals surface area contributed by atoms with Crippen LogP contribution in [0.25, 0.3) is 0 Å². The summed E-state index contributed by atoms with van der Waals surface area (Å²) in [5.74, 6) is 5.78. The zero-order chi connectivity index (χ0) is 15.2. The zero-order valence-electron chi connectivity index (χ0n) is 11.6. The molecule has 0 aliphatic heterocycles. The van der Waals surface area contributed by atoms with Gasteiger partial charge in [0.15, 0.2) is 0 Å². The summed E-state index contributed by atoms with van der Waals surface area (Å²) in [5, 5.41) is 0.587. The SMILES string of the molecule is Cc1ccc(Cl)cc1OCc1ccc(C#CCN)cc1F. The van der Waals surface area contributed by atoms with Gasteiger partial charge in [0.1, 0.15) is 18.2 Å². The standard InChI is InChI=1S/C17H15ClFNO/c1-12-4-7-15(18)10-17(12)21-11-14-6-5-13(3-2-8-20)9-16(14)19/h4-7,9-10H,8,11,20H2,1H3. The molecule has 0 atom stereocenters. The average molecular weight is 304 g/mol. The first-order valence-corrected chi connectivity index (χ1v) is 6.84. The largest absolute Gasteiger partial charge is 0.488 e. The van der Waals surface area contributed by atoms with E-state index in [9.17, 15) is 4.39 Å². The third-order valence-corrected chi connectivity index (χ3v) is 3.16. The number of ether oxygens (including phenoxy) is 1. The quantitative estimate of drug-likeness (QED) is 0.878. The predicted molar refractivity (Wildman–Crippen MR) is 82.9 cm³/mol. The zero-order valence-corrected chi connectivity index (χ0v) is 12.4. The van der Waals surface area contributed by atoms with Crippen LogP contribution in [-0.2, 0) is 6.61 Å². The first-order chi connectivity index (χ1) is 10.1. The van der Waals surface area contributed by atoms with Crippen LogP contribution in [0.15, 0.2) is 36.4 Å². The topological polar surface area (TPSA) is 35.2 Å². The van der Waals surface area contributed by atoms with Crippen molar-refractivity contribution in [2.24, 2.45) is 5.73 Å². The molecule has 0 aliphatic rings. The number of nitrogens with two attached hydrogens (primary N) is 1. The molecule has 21 heavy (non-hydrogen) atoms. The Labute approximate surface area is 128 Å². The van der Waals surface area contributed by atoms with Crippen molar-refractivity contribution in [3.05, 3.63) is 63.9 Å². The fraction of sp³-hybridized carbons (Fsp3) is 0.176. The van der Waals surface area contributed by atoms with Gasteiger partial charge in [-0.15, -0.1) is 0 Å². The number of benzene rings is 2. The molecule has 0 heterocycles. The molecule has 2 aromatic carbocycles. The number of aryl methyl sites for hydroxylation is 1. The molecule has 0 saturated carbocycles. The summed E-state index contributed by atoms with van der Waals surface area (Å²) < 4.78 is 19.6. The van der Waals surface area contributed by atoms with Gasteiger partial charge in [-0.3, -0.25) is 0 Å². The van der Waals surface area contributed by atoms with E-state index in [1.54, 1.807) is 24.3 Å². The molecule has 0 aromatic heterocycles. The van der Waals surface area contributed by atoms with Crippen molar-refractivity contribution < 1.29 is 9.13 Å². The fourth-order valence-corrected chi connectivity index (χ4v) is 1.94. The molecule has 0 bridgehead atoms. The van der Waals surface area contributed by atoms with E-state index in [4.69, 9.17) is 22.1 Å². The van der Waals surface area contributed by atoms with Gasteiger partial charge in [-0.05, 0) is 36.8 Å². The number of hydrogen-bond acceptors (Lipinski definition) is 2. The van der Waals surface area contributed by atoms with E-state index in [1.807, 2.05) is 13.0 Å². The van der Waals surface area contributed by atoms with Crippen LogP contribution in [-0.4, -0.2) is 6.54 Å². The molecule has 0 aliphatic carbocycles. The lowest BCUT2D eigenvalue weighted by atomic mass is 10.1. The van der Waals surface area contributed by atoms with Crippen molar-refractivity contribution in [3.8, 4) is 17.6 Å². The summed E-state index contributed by atoms with van der Waals surface area (Å²) in [6, 6.07) is 10.2. The maximum atomic E-state index is 14.0. The highest BCUT2D eigenvalue weighted by Crippen LogP contribution is 2.24. The molecule has 108 valence electrons. The first-order valence-electron chi connectivity index (χ1n) is 6.46. The minimum atomic E-state index is -0.349. The van der Waals surface area contributed by atoms with Gasteiger partial charge in [0.2, 0.25) is 0 Å². The van der Waals surface area contributed by atoms with Crippen molar-refractivity contribution in [2.45, 2.75) is 13.5 Å². The highest BCUT2D eigenvalue weighted by atomic mass is 35.5. The molecule has 0 spiro atoms. The molecule has 2 aromatic rings. The maximum Gasteiger partial charge on any atom is 0.131 e. The molecule has 4 heteroatoms. The van der Waals surface area contributed by atoms with Crippen molar-refractivity contribution in [3.63, 3.8) is 0 Å². The van der Waals surface area contributed by atoms with E-state index in [0.29, 0.717) is 21.9 Å². The van der Waals surface area contributed by atoms with E-state index in [-0.39, 0.29) is 19.0 Å². The van der Waals surface area contributed by atoms with Gasteiger partial charge in [0.05, 0.1) is 6.54 Å². The average Bonchev–Trinajstić information content (AvgIpc) is 2.47. The van der Waals surface area contributed by atoms with E-state index in [2.05, 4.69) is 11.8 Å². The summed E-state index contributed by atoms with van der Waals surface area (Å²) in [7, 11) is 0. The summed E-state index contributed by atoms with van der Waals surface area (Å²) >= 11 is 5.92. The molecule has 0 fully saturated rings. The third kappa shape index (κ3) is 4.22. The predicted octanol–water partition coefficient (Wildman–Crippen LogP) is 3.68. The van der Waals surface area contributed by atoms with Crippen LogP contribution in [0.2, 0.25) is 5.02 Å². The fourth-order valence-electron chi connectivity index (χ4n) is 1.78. The lowest BCUT2D eigenvalue weighted by Crippen LogP contribution is -2.00. The van der Waals surface area contributed by atoms with Crippen LogP contribution in [0, 0.1) is 24.6 Å². The molecular weight excluding hydrogens is 289 g/mol. The van der Waals surface area contributed by atoms with E-state index in [1.165, 1.54) is 6.07 Å². The molecule has 0 unspecified atom stereocenters. The summed E-state index contributed by atoms with van der Waals surface area (Å²) in [4.78, 5) is 0. The highest BCUT2D eigenvalue weighted by molar-refractivity contribution is 6.30. The number of hydrogen-bond donors (Lipinski definition) is 1. The normalized spacial score (nSPS) is 9.90. The Morgan fingerprint density at radius 1 is 1.24 bits per heavy atom. The summed E-state index contributed by atoms with van der Waals surface area (Å²) in [6.07, 6.45) is 0. The molecule has 0 amide bonds. The van der Waals surface area contributed by atoms with E-state index in [0.717, 1.165) is 5.56 Å². The second-order valence-corrected chi connectivity index (χ2v) is 4.95. The monoisotopic (exact) mass is 303 g/mol. The lowest BCUT2D eigenvalue weighted by molar-refractivity contribution is 0.298. The van der Waals surface area contributed by atoms with Gasteiger partial charge in [0, 0.05) is 16.1 Å². The van der Waals surface area contributed by atoms with Crippen molar-refractivity contribution >= 4 is 11.6 Å². The Balaban J connectivity index is 2.11. The Morgan fingerprint density at radius 3 is 2.76 bits per heavy atom. The van der Waals surface area contributed by atoms with Gasteiger partial charge in [0.25, 0.3) is 0 Å². The molecule has 2 nitrogen and oxygen atoms in total. The van der Waals surface area contributed by atoms with E-state index < -0.39 is 0 Å². The number of rotatable bonds is 3. The van der Waals surface area contributed by atoms with Crippen LogP contribution >= 0.6 is 11.6 Å². The number of halogens is 2. The minimum absolute atomic E-state index is 0.137. The van der Waals surface area contributed by atoms with Gasteiger partial charge in [-0.25, -0.2) is 4.39 Å². The first kappa shape index (κ1) is 15.4. The summed E-state index contributed by atoms with van der Waals surface area (Å²) in [5.41, 5.74) is 7.30. The van der Waals surface area contributed by atoms with Crippen molar-refractivity contribution in [1.82, 2.24) is 0 Å². The van der Waals surface area contributed by atoms with Crippen LogP contribution in [0.3, 0.4) is 0 Å². The summed E-state index contributed by atoms with van der Waals surface area (Å²) in [6.45, 7) is 2.30. The van der Waals surface area contributed by atoms with Crippen molar-refractivity contribution in [2.75, 3.05) is 6.54 Å². The van der Waals surface area contributed by atoms with Gasteiger partial charge >= 0.3 is 0 Å². The molecule has 0 radical (unpaired) electrons. The smallest absolute Gasteiger partial charge is 0.131 e. The second kappa shape index (κ2) is 7.12. The second-order valence-electron chi connectivity index (χ2n) is 4.51. The Morgan fingerprint density at radius 2 is 2.05 bits per heavy atom. The van der Waals surface area contributed by atoms with Gasteiger partial charge in [-0.2, -0.15) is 0 Å². The Bertz CT molecular complexity index is 704. The van der Waals surface area contributed by atoms with Crippen LogP contribution < -0.4 is 10.5 Å². The van der Waals surface area contributed by atoms with Crippen LogP contribution in [0.4, 0.5) is 4.39 Å². The van der Waals surface area contributed by atoms with E-state index >= 15 is 0 Å². The highest BCUT2D eigenvalue weighted by Gasteiger charge is 2.06. The molecule has 2 rings (SSSR count). The minimum Gasteiger partial charge on any atom is -0.488 e. The van der Waals surface area contributed by atoms with Crippen LogP contribution in [0.1, 0.15) is 16.7 Å². The molecule has 2 N–H and O–H groups in total. The Kier molecular flexibility index (Phi) is 5.21. The lowest BCUT2D eigenvalue weighted by Gasteiger charge is -2.10. The van der Waals surface area contributed by atoms with Gasteiger partial charge in [-0.1, -0.05) is 35.6 Å².